The fraction of sp³-hybridized carbons (Fsp3) is 0.286. The number of nitrogens with one attached hydrogen (secondary N) is 1. The molecule has 0 unspecified atom stereocenters. The van der Waals surface area contributed by atoms with Gasteiger partial charge in [0.2, 0.25) is 0 Å². The third kappa shape index (κ3) is 3.91. The van der Waals surface area contributed by atoms with E-state index in [4.69, 9.17) is 0 Å². The van der Waals surface area contributed by atoms with Crippen molar-refractivity contribution in [2.75, 3.05) is 11.9 Å². The number of halogens is 1. The first-order valence-corrected chi connectivity index (χ1v) is 9.62. The maximum atomic E-state index is 13.0. The monoisotopic (exact) mass is 408 g/mol. The van der Waals surface area contributed by atoms with Crippen molar-refractivity contribution < 1.29 is 14.0 Å². The van der Waals surface area contributed by atoms with E-state index in [0.717, 1.165) is 12.8 Å². The predicted octanol–water partition coefficient (Wildman–Crippen LogP) is 2.89. The number of carbonyl (C=O) groups excluding carboxylic acids is 2. The molecule has 1 saturated heterocycles. The molecule has 1 fully saturated rings. The Balaban J connectivity index is 1.52. The zero-order valence-corrected chi connectivity index (χ0v) is 16.7. The summed E-state index contributed by atoms with van der Waals surface area (Å²) in [6.45, 7) is 2.35. The van der Waals surface area contributed by atoms with Gasteiger partial charge in [-0.25, -0.2) is 14.4 Å². The number of nitrogens with zero attached hydrogens (tertiary/aromatic N) is 5. The number of hydrogen-bond acceptors (Lipinski definition) is 5. The molecular weight excluding hydrogens is 387 g/mol. The second kappa shape index (κ2) is 8.02. The van der Waals surface area contributed by atoms with E-state index >= 15 is 0 Å². The topological polar surface area (TPSA) is 93.0 Å². The van der Waals surface area contributed by atoms with E-state index < -0.39 is 0 Å². The van der Waals surface area contributed by atoms with Gasteiger partial charge in [-0.15, -0.1) is 0 Å². The molecule has 4 rings (SSSR count). The van der Waals surface area contributed by atoms with Gasteiger partial charge >= 0.3 is 0 Å². The van der Waals surface area contributed by atoms with Crippen molar-refractivity contribution in [3.8, 4) is 0 Å². The van der Waals surface area contributed by atoms with Gasteiger partial charge in [-0.1, -0.05) is 0 Å². The van der Waals surface area contributed by atoms with Gasteiger partial charge in [-0.3, -0.25) is 14.3 Å². The molecule has 3 heterocycles. The van der Waals surface area contributed by atoms with E-state index in [2.05, 4.69) is 20.4 Å². The number of amides is 2. The molecule has 0 spiro atoms. The Morgan fingerprint density at radius 3 is 2.63 bits per heavy atom. The van der Waals surface area contributed by atoms with Crippen LogP contribution in [0.5, 0.6) is 0 Å². The van der Waals surface area contributed by atoms with E-state index in [1.807, 2.05) is 0 Å². The lowest BCUT2D eigenvalue weighted by Gasteiger charge is -2.23. The fourth-order valence-corrected chi connectivity index (χ4v) is 3.58. The van der Waals surface area contributed by atoms with E-state index in [1.165, 1.54) is 30.5 Å². The molecule has 3 aromatic rings. The SMILES string of the molecule is Cc1nc([C@@H]2CCCN2C(=O)c2cnn(C)c2)ncc1C(=O)Nc1ccc(F)cc1. The molecule has 0 radical (unpaired) electrons. The first kappa shape index (κ1) is 19.7. The number of aryl methyl sites for hydroxylation is 2. The summed E-state index contributed by atoms with van der Waals surface area (Å²) >= 11 is 0. The molecule has 154 valence electrons. The summed E-state index contributed by atoms with van der Waals surface area (Å²) in [4.78, 5) is 36.1. The van der Waals surface area contributed by atoms with E-state index in [1.54, 1.807) is 35.9 Å². The van der Waals surface area contributed by atoms with E-state index in [0.29, 0.717) is 34.9 Å². The smallest absolute Gasteiger partial charge is 0.259 e. The first-order valence-electron chi connectivity index (χ1n) is 9.62. The van der Waals surface area contributed by atoms with Crippen LogP contribution >= 0.6 is 0 Å². The summed E-state index contributed by atoms with van der Waals surface area (Å²) in [5.41, 5.74) is 1.84. The second-order valence-electron chi connectivity index (χ2n) is 7.25. The van der Waals surface area contributed by atoms with Crippen LogP contribution < -0.4 is 5.32 Å². The van der Waals surface area contributed by atoms with Gasteiger partial charge in [0.15, 0.2) is 5.82 Å². The highest BCUT2D eigenvalue weighted by Crippen LogP contribution is 2.31. The lowest BCUT2D eigenvalue weighted by Crippen LogP contribution is -2.31. The van der Waals surface area contributed by atoms with Crippen molar-refractivity contribution in [2.45, 2.75) is 25.8 Å². The van der Waals surface area contributed by atoms with Gasteiger partial charge in [0.05, 0.1) is 29.1 Å². The molecule has 9 heteroatoms. The van der Waals surface area contributed by atoms with Crippen LogP contribution in [0.25, 0.3) is 0 Å². The zero-order chi connectivity index (χ0) is 21.3. The third-order valence-corrected chi connectivity index (χ3v) is 5.11. The van der Waals surface area contributed by atoms with Crippen LogP contribution in [0.15, 0.2) is 42.9 Å². The zero-order valence-electron chi connectivity index (χ0n) is 16.7. The number of rotatable bonds is 4. The average molecular weight is 408 g/mol. The molecule has 1 atom stereocenters. The van der Waals surface area contributed by atoms with Crippen molar-refractivity contribution in [1.29, 1.82) is 0 Å². The summed E-state index contributed by atoms with van der Waals surface area (Å²) in [6, 6.07) is 5.27. The Labute approximate surface area is 172 Å². The quantitative estimate of drug-likeness (QED) is 0.717. The number of hydrogen-bond donors (Lipinski definition) is 1. The molecule has 8 nitrogen and oxygen atoms in total. The number of likely N-dealkylation sites (tertiary alicyclic amines) is 1. The van der Waals surface area contributed by atoms with Crippen LogP contribution in [-0.4, -0.2) is 43.0 Å². The fourth-order valence-electron chi connectivity index (χ4n) is 3.58. The van der Waals surface area contributed by atoms with Crippen molar-refractivity contribution in [2.24, 2.45) is 7.05 Å². The van der Waals surface area contributed by atoms with Gasteiger partial charge in [0, 0.05) is 31.7 Å². The maximum Gasteiger partial charge on any atom is 0.259 e. The van der Waals surface area contributed by atoms with Crippen molar-refractivity contribution >= 4 is 17.5 Å². The molecule has 0 aliphatic carbocycles. The summed E-state index contributed by atoms with van der Waals surface area (Å²) in [7, 11) is 1.76. The van der Waals surface area contributed by atoms with Gasteiger partial charge in [0.1, 0.15) is 5.82 Å². The maximum absolute atomic E-state index is 13.0. The Morgan fingerprint density at radius 1 is 1.20 bits per heavy atom. The number of aromatic nitrogens is 4. The molecule has 30 heavy (non-hydrogen) atoms. The first-order chi connectivity index (χ1) is 14.4. The molecule has 1 aromatic carbocycles. The van der Waals surface area contributed by atoms with Crippen molar-refractivity contribution in [3.63, 3.8) is 0 Å². The Morgan fingerprint density at radius 2 is 1.97 bits per heavy atom. The Hall–Kier alpha value is -3.62. The number of anilines is 1. The molecule has 2 aromatic heterocycles. The number of benzene rings is 1. The van der Waals surface area contributed by atoms with Crippen molar-refractivity contribution in [1.82, 2.24) is 24.6 Å². The molecule has 1 N–H and O–H groups in total. The molecule has 1 aliphatic heterocycles. The van der Waals surface area contributed by atoms with Gasteiger partial charge in [0.25, 0.3) is 11.8 Å². The lowest BCUT2D eigenvalue weighted by molar-refractivity contribution is 0.0729. The molecule has 1 aliphatic rings. The highest BCUT2D eigenvalue weighted by Gasteiger charge is 2.33. The van der Waals surface area contributed by atoms with Gasteiger partial charge in [-0.05, 0) is 44.0 Å². The minimum atomic E-state index is -0.376. The van der Waals surface area contributed by atoms with Crippen LogP contribution in [0, 0.1) is 12.7 Å². The van der Waals surface area contributed by atoms with Crippen LogP contribution in [0.2, 0.25) is 0 Å². The molecule has 2 amide bonds. The minimum Gasteiger partial charge on any atom is -0.328 e. The molecule has 0 saturated carbocycles. The normalized spacial score (nSPS) is 16.0. The summed E-state index contributed by atoms with van der Waals surface area (Å²) in [6.07, 6.45) is 6.32. The molecule has 0 bridgehead atoms. The van der Waals surface area contributed by atoms with Crippen molar-refractivity contribution in [3.05, 3.63) is 71.3 Å². The van der Waals surface area contributed by atoms with Crippen LogP contribution in [0.3, 0.4) is 0 Å². The average Bonchev–Trinajstić information content (AvgIpc) is 3.38. The summed E-state index contributed by atoms with van der Waals surface area (Å²) < 4.78 is 14.6. The van der Waals surface area contributed by atoms with Gasteiger partial charge in [-0.2, -0.15) is 5.10 Å². The predicted molar refractivity (Wildman–Crippen MR) is 107 cm³/mol. The summed E-state index contributed by atoms with van der Waals surface area (Å²) in [5.74, 6) is -0.343. The van der Waals surface area contributed by atoms with Crippen LogP contribution in [-0.2, 0) is 7.05 Å². The van der Waals surface area contributed by atoms with E-state index in [9.17, 15) is 14.0 Å². The minimum absolute atomic E-state index is 0.106. The second-order valence-corrected chi connectivity index (χ2v) is 7.25. The standard InChI is InChI=1S/C21H21FN6O2/c1-13-17(20(29)26-16-7-5-15(22)6-8-16)11-23-19(25-13)18-4-3-9-28(18)21(30)14-10-24-27(2)12-14/h5-8,10-12,18H,3-4,9H2,1-2H3,(H,26,29)/t18-/m0/s1. The van der Waals surface area contributed by atoms with Crippen LogP contribution in [0.4, 0.5) is 10.1 Å². The third-order valence-electron chi connectivity index (χ3n) is 5.11. The lowest BCUT2D eigenvalue weighted by atomic mass is 10.1. The number of carbonyl (C=O) groups is 2. The summed E-state index contributed by atoms with van der Waals surface area (Å²) in [5, 5.41) is 6.77. The van der Waals surface area contributed by atoms with E-state index in [-0.39, 0.29) is 23.7 Å². The van der Waals surface area contributed by atoms with Gasteiger partial charge < -0.3 is 10.2 Å². The highest BCUT2D eigenvalue weighted by atomic mass is 19.1. The molecular formula is C21H21FN6O2. The highest BCUT2D eigenvalue weighted by molar-refractivity contribution is 6.04. The largest absolute Gasteiger partial charge is 0.328 e. The Kier molecular flexibility index (Phi) is 5.26. The van der Waals surface area contributed by atoms with Crippen LogP contribution in [0.1, 0.15) is 51.1 Å². The Bertz CT molecular complexity index is 1100.